The second-order valence-corrected chi connectivity index (χ2v) is 6.78. The van der Waals surface area contributed by atoms with Crippen LogP contribution < -0.4 is 4.74 Å². The molecule has 1 aliphatic heterocycles. The van der Waals surface area contributed by atoms with Crippen molar-refractivity contribution in [1.82, 2.24) is 4.90 Å². The lowest BCUT2D eigenvalue weighted by molar-refractivity contribution is -0.115. The van der Waals surface area contributed by atoms with Gasteiger partial charge in [-0.25, -0.2) is 0 Å². The molecule has 2 aliphatic carbocycles. The highest BCUT2D eigenvalue weighted by Gasteiger charge is 2.49. The highest BCUT2D eigenvalue weighted by molar-refractivity contribution is 5.91. The summed E-state index contributed by atoms with van der Waals surface area (Å²) < 4.78 is 5.40. The number of fused-ring (bicyclic) bond motifs is 1. The summed E-state index contributed by atoms with van der Waals surface area (Å²) in [6, 6.07) is 2.32. The molecular weight excluding hydrogens is 278 g/mol. The Labute approximate surface area is 130 Å². The SMILES string of the molecule is COc1cc2c3c(c1O)[C@]1(C=CC(=O)CC1)C[C@H]3N(C)CC2. The normalized spacial score (nSPS) is 29.9. The molecular formula is C18H21NO3. The van der Waals surface area contributed by atoms with Gasteiger partial charge in [0.1, 0.15) is 0 Å². The number of ether oxygens (including phenoxy) is 1. The Bertz CT molecular complexity index is 694. The lowest BCUT2D eigenvalue weighted by Gasteiger charge is -2.32. The predicted octanol–water partition coefficient (Wildman–Crippen LogP) is 2.49. The van der Waals surface area contributed by atoms with Gasteiger partial charge in [-0.3, -0.25) is 9.69 Å². The monoisotopic (exact) mass is 299 g/mol. The Hall–Kier alpha value is -1.81. The molecule has 0 radical (unpaired) electrons. The molecule has 0 saturated heterocycles. The summed E-state index contributed by atoms with van der Waals surface area (Å²) in [5.41, 5.74) is 3.34. The molecule has 116 valence electrons. The Kier molecular flexibility index (Phi) is 2.89. The van der Waals surface area contributed by atoms with Gasteiger partial charge < -0.3 is 9.84 Å². The molecule has 1 heterocycles. The number of allylic oxidation sites excluding steroid dienone is 2. The van der Waals surface area contributed by atoms with Crippen molar-refractivity contribution in [3.8, 4) is 11.5 Å². The molecule has 22 heavy (non-hydrogen) atoms. The minimum atomic E-state index is -0.222. The number of phenols is 1. The molecule has 4 rings (SSSR count). The van der Waals surface area contributed by atoms with E-state index in [2.05, 4.69) is 11.9 Å². The molecule has 4 nitrogen and oxygen atoms in total. The molecule has 0 fully saturated rings. The minimum Gasteiger partial charge on any atom is -0.504 e. The lowest BCUT2D eigenvalue weighted by Crippen LogP contribution is -2.31. The third-order valence-corrected chi connectivity index (χ3v) is 5.67. The number of hydrogen-bond donors (Lipinski definition) is 1. The molecule has 0 bridgehead atoms. The summed E-state index contributed by atoms with van der Waals surface area (Å²) in [5, 5.41) is 10.8. The van der Waals surface area contributed by atoms with Crippen LogP contribution in [0, 0.1) is 0 Å². The average molecular weight is 299 g/mol. The van der Waals surface area contributed by atoms with Gasteiger partial charge in [-0.1, -0.05) is 6.08 Å². The van der Waals surface area contributed by atoms with E-state index in [1.54, 1.807) is 13.2 Å². The molecule has 1 aromatic carbocycles. The molecule has 3 aliphatic rings. The molecule has 1 spiro atoms. The molecule has 2 atom stereocenters. The van der Waals surface area contributed by atoms with Crippen molar-refractivity contribution in [2.45, 2.75) is 37.1 Å². The van der Waals surface area contributed by atoms with Gasteiger partial charge in [0, 0.05) is 30.0 Å². The predicted molar refractivity (Wildman–Crippen MR) is 83.4 cm³/mol. The number of nitrogens with zero attached hydrogens (tertiary/aromatic N) is 1. The summed E-state index contributed by atoms with van der Waals surface area (Å²) in [5.74, 6) is 1.00. The van der Waals surface area contributed by atoms with Crippen LogP contribution in [0.2, 0.25) is 0 Å². The van der Waals surface area contributed by atoms with Crippen molar-refractivity contribution in [2.24, 2.45) is 0 Å². The Balaban J connectivity index is 1.98. The first-order chi connectivity index (χ1) is 10.6. The number of ketones is 1. The number of hydrogen-bond acceptors (Lipinski definition) is 4. The van der Waals surface area contributed by atoms with Crippen LogP contribution in [0.1, 0.15) is 42.0 Å². The third-order valence-electron chi connectivity index (χ3n) is 5.67. The zero-order valence-corrected chi connectivity index (χ0v) is 13.1. The summed E-state index contributed by atoms with van der Waals surface area (Å²) >= 11 is 0. The molecule has 1 N–H and O–H groups in total. The summed E-state index contributed by atoms with van der Waals surface area (Å²) in [6.07, 6.45) is 6.98. The van der Waals surface area contributed by atoms with Crippen LogP contribution >= 0.6 is 0 Å². The number of carbonyl (C=O) groups excluding carboxylic acids is 1. The molecule has 0 aromatic heterocycles. The minimum absolute atomic E-state index is 0.182. The fourth-order valence-electron chi connectivity index (χ4n) is 4.48. The second kappa shape index (κ2) is 4.59. The summed E-state index contributed by atoms with van der Waals surface area (Å²) in [6.45, 7) is 1.02. The van der Waals surface area contributed by atoms with Gasteiger partial charge in [0.05, 0.1) is 7.11 Å². The van der Waals surface area contributed by atoms with E-state index in [1.165, 1.54) is 11.1 Å². The van der Waals surface area contributed by atoms with Crippen LogP contribution in [-0.2, 0) is 16.6 Å². The fraction of sp³-hybridized carbons (Fsp3) is 0.500. The third kappa shape index (κ3) is 1.70. The number of methoxy groups -OCH3 is 1. The molecule has 0 unspecified atom stereocenters. The Morgan fingerprint density at radius 1 is 1.41 bits per heavy atom. The van der Waals surface area contributed by atoms with Gasteiger partial charge >= 0.3 is 0 Å². The Morgan fingerprint density at radius 3 is 2.91 bits per heavy atom. The van der Waals surface area contributed by atoms with Crippen LogP contribution in [0.15, 0.2) is 18.2 Å². The largest absolute Gasteiger partial charge is 0.504 e. The zero-order valence-electron chi connectivity index (χ0n) is 13.1. The van der Waals surface area contributed by atoms with Crippen molar-refractivity contribution in [2.75, 3.05) is 20.7 Å². The molecule has 0 amide bonds. The van der Waals surface area contributed by atoms with Gasteiger partial charge in [0.25, 0.3) is 0 Å². The van der Waals surface area contributed by atoms with E-state index in [4.69, 9.17) is 4.74 Å². The van der Waals surface area contributed by atoms with Crippen LogP contribution in [0.25, 0.3) is 0 Å². The number of phenolic OH excluding ortho intramolecular Hbond substituents is 1. The van der Waals surface area contributed by atoms with Gasteiger partial charge in [0.2, 0.25) is 0 Å². The maximum atomic E-state index is 11.6. The van der Waals surface area contributed by atoms with E-state index in [0.29, 0.717) is 18.2 Å². The van der Waals surface area contributed by atoms with E-state index in [-0.39, 0.29) is 16.9 Å². The van der Waals surface area contributed by atoms with Crippen molar-refractivity contribution in [1.29, 1.82) is 0 Å². The first-order valence-electron chi connectivity index (χ1n) is 7.91. The summed E-state index contributed by atoms with van der Waals surface area (Å²) in [7, 11) is 3.75. The average Bonchev–Trinajstić information content (AvgIpc) is 2.86. The lowest BCUT2D eigenvalue weighted by atomic mass is 9.73. The van der Waals surface area contributed by atoms with E-state index < -0.39 is 0 Å². The fourth-order valence-corrected chi connectivity index (χ4v) is 4.48. The van der Waals surface area contributed by atoms with Crippen LogP contribution in [-0.4, -0.2) is 36.5 Å². The molecule has 0 saturated carbocycles. The van der Waals surface area contributed by atoms with E-state index in [1.807, 2.05) is 12.1 Å². The number of carbonyl (C=O) groups is 1. The standard InChI is InChI=1S/C18H21NO3/c1-19-8-5-11-9-14(22-2)17(21)16-15(11)13(19)10-18(16)6-3-12(20)4-7-18/h3,6,9,13,21H,4-5,7-8,10H2,1-2H3/t13-,18+/m1/s1. The van der Waals surface area contributed by atoms with E-state index >= 15 is 0 Å². The first kappa shape index (κ1) is 13.8. The first-order valence-corrected chi connectivity index (χ1v) is 7.91. The molecule has 4 heteroatoms. The van der Waals surface area contributed by atoms with Gasteiger partial charge in [-0.05, 0) is 49.6 Å². The number of rotatable bonds is 1. The van der Waals surface area contributed by atoms with Gasteiger partial charge in [-0.15, -0.1) is 0 Å². The van der Waals surface area contributed by atoms with Crippen molar-refractivity contribution >= 4 is 5.78 Å². The summed E-state index contributed by atoms with van der Waals surface area (Å²) in [4.78, 5) is 14.0. The maximum Gasteiger partial charge on any atom is 0.162 e. The highest BCUT2D eigenvalue weighted by atomic mass is 16.5. The highest BCUT2D eigenvalue weighted by Crippen LogP contribution is 2.58. The Morgan fingerprint density at radius 2 is 2.23 bits per heavy atom. The van der Waals surface area contributed by atoms with Gasteiger partial charge in [0.15, 0.2) is 17.3 Å². The van der Waals surface area contributed by atoms with Crippen molar-refractivity contribution in [3.63, 3.8) is 0 Å². The van der Waals surface area contributed by atoms with Crippen LogP contribution in [0.4, 0.5) is 0 Å². The van der Waals surface area contributed by atoms with Crippen LogP contribution in [0.5, 0.6) is 11.5 Å². The van der Waals surface area contributed by atoms with Crippen LogP contribution in [0.3, 0.4) is 0 Å². The quantitative estimate of drug-likeness (QED) is 0.865. The smallest absolute Gasteiger partial charge is 0.162 e. The number of likely N-dealkylation sites (N-methyl/N-ethyl adjacent to an activating group) is 1. The van der Waals surface area contributed by atoms with Crippen molar-refractivity contribution in [3.05, 3.63) is 34.9 Å². The van der Waals surface area contributed by atoms with Gasteiger partial charge in [-0.2, -0.15) is 0 Å². The van der Waals surface area contributed by atoms with Crippen molar-refractivity contribution < 1.29 is 14.6 Å². The number of benzene rings is 1. The molecule has 1 aromatic rings. The topological polar surface area (TPSA) is 49.8 Å². The zero-order chi connectivity index (χ0) is 15.5. The number of aromatic hydroxyl groups is 1. The van der Waals surface area contributed by atoms with E-state index in [9.17, 15) is 9.90 Å². The van der Waals surface area contributed by atoms with E-state index in [0.717, 1.165) is 31.4 Å². The second-order valence-electron chi connectivity index (χ2n) is 6.78. The maximum absolute atomic E-state index is 11.6.